The Balaban J connectivity index is 1.83. The first-order valence-corrected chi connectivity index (χ1v) is 9.85. The third-order valence-electron chi connectivity index (χ3n) is 4.32. The lowest BCUT2D eigenvalue weighted by Gasteiger charge is -2.34. The molecule has 1 heterocycles. The van der Waals surface area contributed by atoms with Crippen LogP contribution in [0.3, 0.4) is 0 Å². The van der Waals surface area contributed by atoms with E-state index in [2.05, 4.69) is 23.5 Å². The van der Waals surface area contributed by atoms with Crippen LogP contribution in [0.1, 0.15) is 26.7 Å². The fraction of sp³-hybridized carbons (Fsp3) is 0.647. The zero-order valence-electron chi connectivity index (χ0n) is 14.6. The summed E-state index contributed by atoms with van der Waals surface area (Å²) in [5.74, 6) is 0.722. The Bertz CT molecular complexity index is 641. The molecule has 136 valence electrons. The highest BCUT2D eigenvalue weighted by Crippen LogP contribution is 2.21. The Kier molecular flexibility index (Phi) is 6.60. The van der Waals surface area contributed by atoms with Crippen LogP contribution in [0.15, 0.2) is 23.1 Å². The van der Waals surface area contributed by atoms with Crippen molar-refractivity contribution in [2.45, 2.75) is 31.6 Å². The molecule has 7 heteroatoms. The number of methoxy groups -OCH3 is 1. The minimum atomic E-state index is -3.70. The molecule has 2 unspecified atom stereocenters. The standard InChI is InChI=1S/C17H27FN2O3S/c1-13-9-14(2)12-20(11-13)8-4-7-19-24(21,22)15-5-6-17(23-3)16(18)10-15/h5-6,10,13-14,19H,4,7-9,11-12H2,1-3H3. The first kappa shape index (κ1) is 19.1. The molecule has 1 aliphatic rings. The second-order valence-corrected chi connectivity index (χ2v) is 8.52. The number of piperidine rings is 1. The van der Waals surface area contributed by atoms with Gasteiger partial charge in [-0.15, -0.1) is 0 Å². The molecule has 2 rings (SSSR count). The van der Waals surface area contributed by atoms with Crippen LogP contribution in [0.5, 0.6) is 5.75 Å². The summed E-state index contributed by atoms with van der Waals surface area (Å²) in [5, 5.41) is 0. The number of nitrogens with one attached hydrogen (secondary N) is 1. The predicted octanol–water partition coefficient (Wildman–Crippen LogP) is 2.48. The minimum absolute atomic E-state index is 0.0299. The second-order valence-electron chi connectivity index (χ2n) is 6.75. The van der Waals surface area contributed by atoms with Gasteiger partial charge in [-0.25, -0.2) is 17.5 Å². The zero-order chi connectivity index (χ0) is 17.7. The predicted molar refractivity (Wildman–Crippen MR) is 92.1 cm³/mol. The summed E-state index contributed by atoms with van der Waals surface area (Å²) >= 11 is 0. The molecule has 1 N–H and O–H groups in total. The molecule has 0 spiro atoms. The Morgan fingerprint density at radius 3 is 2.54 bits per heavy atom. The summed E-state index contributed by atoms with van der Waals surface area (Å²) in [5.41, 5.74) is 0. The third-order valence-corrected chi connectivity index (χ3v) is 5.78. The summed E-state index contributed by atoms with van der Waals surface area (Å²) in [4.78, 5) is 2.31. The highest BCUT2D eigenvalue weighted by molar-refractivity contribution is 7.89. The van der Waals surface area contributed by atoms with Crippen LogP contribution in [0, 0.1) is 17.7 Å². The molecule has 24 heavy (non-hydrogen) atoms. The Morgan fingerprint density at radius 2 is 1.96 bits per heavy atom. The van der Waals surface area contributed by atoms with Crippen molar-refractivity contribution in [1.29, 1.82) is 0 Å². The van der Waals surface area contributed by atoms with E-state index in [-0.39, 0.29) is 10.6 Å². The molecule has 2 atom stereocenters. The van der Waals surface area contributed by atoms with Crippen molar-refractivity contribution in [2.75, 3.05) is 33.3 Å². The van der Waals surface area contributed by atoms with Gasteiger partial charge in [-0.05, 0) is 49.4 Å². The first-order chi connectivity index (χ1) is 11.3. The molecule has 1 aromatic carbocycles. The lowest BCUT2D eigenvalue weighted by Crippen LogP contribution is -2.40. The Hall–Kier alpha value is -1.18. The second kappa shape index (κ2) is 8.27. The van der Waals surface area contributed by atoms with E-state index in [9.17, 15) is 12.8 Å². The van der Waals surface area contributed by atoms with Crippen LogP contribution < -0.4 is 9.46 Å². The molecule has 0 aliphatic carbocycles. The number of likely N-dealkylation sites (tertiary alicyclic amines) is 1. The third kappa shape index (κ3) is 5.16. The van der Waals surface area contributed by atoms with Crippen molar-refractivity contribution in [2.24, 2.45) is 11.8 Å². The lowest BCUT2D eigenvalue weighted by atomic mass is 9.92. The quantitative estimate of drug-likeness (QED) is 0.761. The molecule has 0 bridgehead atoms. The molecule has 0 aromatic heterocycles. The van der Waals surface area contributed by atoms with E-state index in [1.807, 2.05) is 0 Å². The topological polar surface area (TPSA) is 58.6 Å². The van der Waals surface area contributed by atoms with E-state index in [4.69, 9.17) is 4.74 Å². The van der Waals surface area contributed by atoms with Crippen LogP contribution in [0.2, 0.25) is 0 Å². The first-order valence-electron chi connectivity index (χ1n) is 8.37. The molecule has 0 saturated carbocycles. The molecule has 0 radical (unpaired) electrons. The van der Waals surface area contributed by atoms with Crippen LogP contribution >= 0.6 is 0 Å². The smallest absolute Gasteiger partial charge is 0.240 e. The molecular formula is C17H27FN2O3S. The number of halogens is 1. The van der Waals surface area contributed by atoms with Crippen LogP contribution in [-0.2, 0) is 10.0 Å². The molecule has 1 aliphatic heterocycles. The fourth-order valence-corrected chi connectivity index (χ4v) is 4.47. The normalized spacial score (nSPS) is 22.5. The lowest BCUT2D eigenvalue weighted by molar-refractivity contribution is 0.140. The number of sulfonamides is 1. The van der Waals surface area contributed by atoms with Crippen molar-refractivity contribution >= 4 is 10.0 Å². The number of hydrogen-bond donors (Lipinski definition) is 1. The van der Waals surface area contributed by atoms with Gasteiger partial charge in [0, 0.05) is 19.6 Å². The molecule has 0 amide bonds. The monoisotopic (exact) mass is 358 g/mol. The highest BCUT2D eigenvalue weighted by atomic mass is 32.2. The van der Waals surface area contributed by atoms with Crippen molar-refractivity contribution in [1.82, 2.24) is 9.62 Å². The maximum absolute atomic E-state index is 13.7. The molecule has 1 fully saturated rings. The van der Waals surface area contributed by atoms with E-state index in [0.29, 0.717) is 18.4 Å². The van der Waals surface area contributed by atoms with Crippen LogP contribution in [-0.4, -0.2) is 46.6 Å². The molecular weight excluding hydrogens is 331 g/mol. The van der Waals surface area contributed by atoms with E-state index in [0.717, 1.165) is 32.1 Å². The van der Waals surface area contributed by atoms with E-state index < -0.39 is 15.8 Å². The van der Waals surface area contributed by atoms with Crippen LogP contribution in [0.25, 0.3) is 0 Å². The van der Waals surface area contributed by atoms with Gasteiger partial charge in [0.2, 0.25) is 10.0 Å². The van der Waals surface area contributed by atoms with Gasteiger partial charge in [0.25, 0.3) is 0 Å². The van der Waals surface area contributed by atoms with Crippen molar-refractivity contribution in [3.05, 3.63) is 24.0 Å². The van der Waals surface area contributed by atoms with Gasteiger partial charge < -0.3 is 9.64 Å². The minimum Gasteiger partial charge on any atom is -0.494 e. The SMILES string of the molecule is COc1ccc(S(=O)(=O)NCCCN2CC(C)CC(C)C2)cc1F. The van der Waals surface area contributed by atoms with Crippen molar-refractivity contribution < 1.29 is 17.5 Å². The van der Waals surface area contributed by atoms with Gasteiger partial charge in [-0.2, -0.15) is 0 Å². The van der Waals surface area contributed by atoms with E-state index in [1.165, 1.54) is 25.7 Å². The summed E-state index contributed by atoms with van der Waals surface area (Å²) < 4.78 is 45.4. The molecule has 5 nitrogen and oxygen atoms in total. The van der Waals surface area contributed by atoms with E-state index in [1.54, 1.807) is 0 Å². The van der Waals surface area contributed by atoms with Gasteiger partial charge >= 0.3 is 0 Å². The highest BCUT2D eigenvalue weighted by Gasteiger charge is 2.21. The summed E-state index contributed by atoms with van der Waals surface area (Å²) in [6, 6.07) is 3.65. The van der Waals surface area contributed by atoms with Gasteiger partial charge in [-0.1, -0.05) is 13.8 Å². The summed E-state index contributed by atoms with van der Waals surface area (Å²) in [7, 11) is -2.36. The maximum Gasteiger partial charge on any atom is 0.240 e. The average molecular weight is 358 g/mol. The Morgan fingerprint density at radius 1 is 1.29 bits per heavy atom. The summed E-state index contributed by atoms with van der Waals surface area (Å²) in [6.07, 6.45) is 1.99. The molecule has 1 saturated heterocycles. The largest absolute Gasteiger partial charge is 0.494 e. The average Bonchev–Trinajstić information content (AvgIpc) is 2.50. The van der Waals surface area contributed by atoms with Gasteiger partial charge in [0.15, 0.2) is 11.6 Å². The number of benzene rings is 1. The molecule has 1 aromatic rings. The van der Waals surface area contributed by atoms with Gasteiger partial charge in [0.05, 0.1) is 12.0 Å². The van der Waals surface area contributed by atoms with Crippen LogP contribution in [0.4, 0.5) is 4.39 Å². The Labute approximate surface area is 144 Å². The number of hydrogen-bond acceptors (Lipinski definition) is 4. The van der Waals surface area contributed by atoms with E-state index >= 15 is 0 Å². The number of rotatable bonds is 7. The number of ether oxygens (including phenoxy) is 1. The maximum atomic E-state index is 13.7. The zero-order valence-corrected chi connectivity index (χ0v) is 15.4. The van der Waals surface area contributed by atoms with Crippen molar-refractivity contribution in [3.63, 3.8) is 0 Å². The van der Waals surface area contributed by atoms with Crippen molar-refractivity contribution in [3.8, 4) is 5.75 Å². The number of nitrogens with zero attached hydrogens (tertiary/aromatic N) is 1. The fourth-order valence-electron chi connectivity index (χ4n) is 3.38. The summed E-state index contributed by atoms with van der Waals surface area (Å²) in [6.45, 7) is 7.86. The van der Waals surface area contributed by atoms with Gasteiger partial charge in [0.1, 0.15) is 0 Å². The van der Waals surface area contributed by atoms with Gasteiger partial charge in [-0.3, -0.25) is 0 Å².